The predicted octanol–water partition coefficient (Wildman–Crippen LogP) is 1.53. The highest BCUT2D eigenvalue weighted by atomic mass is 32.2. The number of likely N-dealkylation sites (N-methyl/N-ethyl adjacent to an activating group) is 1. The van der Waals surface area contributed by atoms with Crippen LogP contribution in [0.25, 0.3) is 0 Å². The van der Waals surface area contributed by atoms with Crippen LogP contribution in [0.2, 0.25) is 0 Å². The average Bonchev–Trinajstić information content (AvgIpc) is 3.09. The van der Waals surface area contributed by atoms with Crippen LogP contribution < -0.4 is 14.8 Å². The summed E-state index contributed by atoms with van der Waals surface area (Å²) in [6, 6.07) is 4.18. The van der Waals surface area contributed by atoms with E-state index in [1.807, 2.05) is 14.0 Å². The number of carbonyl (C=O) groups is 1. The van der Waals surface area contributed by atoms with Crippen LogP contribution in [0.15, 0.2) is 27.6 Å². The van der Waals surface area contributed by atoms with E-state index in [1.54, 1.807) is 30.9 Å². The van der Waals surface area contributed by atoms with Crippen molar-refractivity contribution in [3.63, 3.8) is 0 Å². The fourth-order valence-corrected chi connectivity index (χ4v) is 5.18. The van der Waals surface area contributed by atoms with E-state index in [0.717, 1.165) is 0 Å². The number of anilines is 1. The number of hydrogen-bond donors (Lipinski definition) is 3. The third kappa shape index (κ3) is 4.74. The maximum Gasteiger partial charge on any atom is 0.267 e. The zero-order chi connectivity index (χ0) is 23.6. The highest BCUT2D eigenvalue weighted by molar-refractivity contribution is 7.92. The third-order valence-electron chi connectivity index (χ3n) is 5.56. The molecule has 1 aromatic heterocycles. The van der Waals surface area contributed by atoms with Crippen molar-refractivity contribution in [3.8, 4) is 5.75 Å². The molecule has 1 aliphatic rings. The number of nitrogens with zero attached hydrogens (tertiary/aromatic N) is 2. The molecule has 11 heteroatoms. The number of amides is 1. The fraction of sp³-hybridized carbons (Fsp3) is 0.524. The Balaban J connectivity index is 2.02. The van der Waals surface area contributed by atoms with Crippen molar-refractivity contribution in [2.45, 2.75) is 44.7 Å². The number of aromatic nitrogens is 1. The molecule has 2 heterocycles. The Morgan fingerprint density at radius 2 is 2.06 bits per heavy atom. The molecule has 10 nitrogen and oxygen atoms in total. The largest absolute Gasteiger partial charge is 0.488 e. The number of sulfonamides is 1. The molecule has 176 valence electrons. The number of carbonyl (C=O) groups excluding carboxylic acids is 1. The minimum Gasteiger partial charge on any atom is -0.488 e. The number of fused-ring (bicyclic) bond motifs is 1. The van der Waals surface area contributed by atoms with Gasteiger partial charge in [-0.3, -0.25) is 9.52 Å². The zero-order valence-corrected chi connectivity index (χ0v) is 19.7. The topological polar surface area (TPSA) is 134 Å². The highest BCUT2D eigenvalue weighted by Gasteiger charge is 2.33. The Bertz CT molecular complexity index is 1060. The minimum atomic E-state index is -3.98. The van der Waals surface area contributed by atoms with E-state index in [-0.39, 0.29) is 52.1 Å². The lowest BCUT2D eigenvalue weighted by atomic mass is 9.99. The summed E-state index contributed by atoms with van der Waals surface area (Å²) >= 11 is 0. The first-order valence-corrected chi connectivity index (χ1v) is 11.9. The number of aliphatic hydroxyl groups is 1. The zero-order valence-electron chi connectivity index (χ0n) is 18.9. The van der Waals surface area contributed by atoms with Crippen LogP contribution in [-0.4, -0.2) is 68.4 Å². The molecule has 1 aromatic carbocycles. The molecule has 0 saturated carbocycles. The number of benzene rings is 1. The molecule has 0 spiro atoms. The summed E-state index contributed by atoms with van der Waals surface area (Å²) < 4.78 is 39.4. The molecular formula is C21H30N4O6S. The summed E-state index contributed by atoms with van der Waals surface area (Å²) in [5.74, 6) is 0.200. The number of rotatable bonds is 7. The van der Waals surface area contributed by atoms with E-state index in [0.29, 0.717) is 18.8 Å². The van der Waals surface area contributed by atoms with Crippen LogP contribution in [0.4, 0.5) is 5.69 Å². The lowest BCUT2D eigenvalue weighted by Gasteiger charge is -2.37. The number of nitrogens with one attached hydrogen (secondary N) is 2. The van der Waals surface area contributed by atoms with Gasteiger partial charge in [-0.1, -0.05) is 12.1 Å². The number of ether oxygens (including phenoxy) is 1. The van der Waals surface area contributed by atoms with Gasteiger partial charge in [0, 0.05) is 24.7 Å². The van der Waals surface area contributed by atoms with Gasteiger partial charge in [0.2, 0.25) is 0 Å². The second-order valence-electron chi connectivity index (χ2n) is 8.15. The van der Waals surface area contributed by atoms with Gasteiger partial charge in [-0.25, -0.2) is 8.42 Å². The molecular weight excluding hydrogens is 436 g/mol. The van der Waals surface area contributed by atoms with Gasteiger partial charge in [-0.2, -0.15) is 0 Å². The number of aryl methyl sites for hydroxylation is 2. The molecule has 1 aliphatic heterocycles. The van der Waals surface area contributed by atoms with Crippen molar-refractivity contribution in [2.75, 3.05) is 31.5 Å². The molecule has 32 heavy (non-hydrogen) atoms. The molecule has 2 aromatic rings. The molecule has 0 radical (unpaired) electrons. The van der Waals surface area contributed by atoms with E-state index in [9.17, 15) is 18.3 Å². The normalized spacial score (nSPS) is 20.2. The molecule has 3 atom stereocenters. The summed E-state index contributed by atoms with van der Waals surface area (Å²) in [6.45, 7) is 7.58. The molecule has 0 bridgehead atoms. The molecule has 3 rings (SSSR count). The van der Waals surface area contributed by atoms with Crippen molar-refractivity contribution >= 4 is 21.6 Å². The van der Waals surface area contributed by atoms with Crippen molar-refractivity contribution in [1.29, 1.82) is 0 Å². The van der Waals surface area contributed by atoms with Gasteiger partial charge in [0.25, 0.3) is 15.9 Å². The standard InChI is InChI=1S/C21H30N4O6S/c1-12-10-25(13(2)11-26)21(27)17-8-16(6-7-18(17)30-19(12)9-22-5)24-32(28,29)20-14(3)23-31-15(20)4/h6-8,12-13,19,22,24,26H,9-11H2,1-5H3/t12-,13+,19+/m0/s1. The number of hydrogen-bond acceptors (Lipinski definition) is 8. The van der Waals surface area contributed by atoms with Gasteiger partial charge in [0.05, 0.1) is 18.2 Å². The summed E-state index contributed by atoms with van der Waals surface area (Å²) in [7, 11) is -2.16. The Morgan fingerprint density at radius 3 is 2.66 bits per heavy atom. The molecule has 1 amide bonds. The van der Waals surface area contributed by atoms with Gasteiger partial charge < -0.3 is 24.6 Å². The summed E-state index contributed by atoms with van der Waals surface area (Å²) in [6.07, 6.45) is -0.218. The number of aliphatic hydroxyl groups excluding tert-OH is 1. The van der Waals surface area contributed by atoms with Crippen LogP contribution in [0, 0.1) is 19.8 Å². The lowest BCUT2D eigenvalue weighted by molar-refractivity contribution is 0.0416. The van der Waals surface area contributed by atoms with Gasteiger partial charge >= 0.3 is 0 Å². The van der Waals surface area contributed by atoms with Crippen LogP contribution in [-0.2, 0) is 10.0 Å². The van der Waals surface area contributed by atoms with E-state index in [2.05, 4.69) is 15.2 Å². The fourth-order valence-electron chi connectivity index (χ4n) is 3.80. The maximum atomic E-state index is 13.4. The van der Waals surface area contributed by atoms with Gasteiger partial charge in [0.1, 0.15) is 17.5 Å². The smallest absolute Gasteiger partial charge is 0.267 e. The van der Waals surface area contributed by atoms with Crippen molar-refractivity contribution in [3.05, 3.63) is 35.2 Å². The van der Waals surface area contributed by atoms with E-state index < -0.39 is 16.1 Å². The first kappa shape index (κ1) is 24.0. The second-order valence-corrected chi connectivity index (χ2v) is 9.77. The van der Waals surface area contributed by atoms with Crippen LogP contribution in [0.1, 0.15) is 35.7 Å². The quantitative estimate of drug-likeness (QED) is 0.559. The SMILES string of the molecule is CNC[C@H]1Oc2ccc(NS(=O)(=O)c3c(C)noc3C)cc2C(=O)N([C@H](C)CO)C[C@@H]1C. The Kier molecular flexibility index (Phi) is 7.11. The van der Waals surface area contributed by atoms with E-state index >= 15 is 0 Å². The molecule has 0 fully saturated rings. The molecule has 3 N–H and O–H groups in total. The van der Waals surface area contributed by atoms with Crippen LogP contribution in [0.5, 0.6) is 5.75 Å². The van der Waals surface area contributed by atoms with Gasteiger partial charge in [-0.05, 0) is 46.0 Å². The molecule has 0 saturated heterocycles. The van der Waals surface area contributed by atoms with Crippen LogP contribution in [0.3, 0.4) is 0 Å². The van der Waals surface area contributed by atoms with Crippen molar-refractivity contribution in [2.24, 2.45) is 5.92 Å². The third-order valence-corrected chi connectivity index (χ3v) is 7.18. The first-order valence-electron chi connectivity index (χ1n) is 10.4. The molecule has 0 aliphatic carbocycles. The van der Waals surface area contributed by atoms with Gasteiger partial charge in [0.15, 0.2) is 10.7 Å². The van der Waals surface area contributed by atoms with Crippen molar-refractivity contribution in [1.82, 2.24) is 15.4 Å². The average molecular weight is 467 g/mol. The lowest BCUT2D eigenvalue weighted by Crippen LogP contribution is -2.49. The monoisotopic (exact) mass is 466 g/mol. The minimum absolute atomic E-state index is 0.00581. The van der Waals surface area contributed by atoms with E-state index in [4.69, 9.17) is 9.26 Å². The maximum absolute atomic E-state index is 13.4. The van der Waals surface area contributed by atoms with Crippen molar-refractivity contribution < 1.29 is 27.6 Å². The predicted molar refractivity (Wildman–Crippen MR) is 118 cm³/mol. The Labute approximate surface area is 188 Å². The summed E-state index contributed by atoms with van der Waals surface area (Å²) in [4.78, 5) is 14.9. The summed E-state index contributed by atoms with van der Waals surface area (Å²) in [5, 5.41) is 16.5. The highest BCUT2D eigenvalue weighted by Crippen LogP contribution is 2.31. The van der Waals surface area contributed by atoms with Gasteiger partial charge in [-0.15, -0.1) is 0 Å². The first-order chi connectivity index (χ1) is 15.1. The Hall–Kier alpha value is -2.63. The summed E-state index contributed by atoms with van der Waals surface area (Å²) in [5.41, 5.74) is 0.667. The molecule has 0 unspecified atom stereocenters. The Morgan fingerprint density at radius 1 is 1.34 bits per heavy atom. The van der Waals surface area contributed by atoms with E-state index in [1.165, 1.54) is 13.0 Å². The second kappa shape index (κ2) is 9.47. The van der Waals surface area contributed by atoms with Crippen LogP contribution >= 0.6 is 0 Å².